The van der Waals surface area contributed by atoms with Crippen molar-refractivity contribution in [1.82, 2.24) is 25.1 Å². The Morgan fingerprint density at radius 2 is 2.11 bits per heavy atom. The second-order valence-corrected chi connectivity index (χ2v) is 4.75. The maximum Gasteiger partial charge on any atom is 0.138 e. The highest BCUT2D eigenvalue weighted by Gasteiger charge is 2.17. The highest BCUT2D eigenvalue weighted by atomic mass is 15.3. The van der Waals surface area contributed by atoms with Gasteiger partial charge in [0.15, 0.2) is 0 Å². The van der Waals surface area contributed by atoms with Gasteiger partial charge in [-0.25, -0.2) is 4.98 Å². The van der Waals surface area contributed by atoms with Gasteiger partial charge in [0, 0.05) is 19.2 Å². The zero-order chi connectivity index (χ0) is 13.8. The molecule has 2 heterocycles. The third-order valence-corrected chi connectivity index (χ3v) is 3.32. The van der Waals surface area contributed by atoms with E-state index in [4.69, 9.17) is 0 Å². The van der Waals surface area contributed by atoms with Crippen molar-refractivity contribution in [2.24, 2.45) is 0 Å². The van der Waals surface area contributed by atoms with Crippen LogP contribution in [0.1, 0.15) is 35.6 Å². The summed E-state index contributed by atoms with van der Waals surface area (Å²) < 4.78 is 1.92. The first-order chi connectivity index (χ1) is 9.15. The standard InChI is InChI=1S/C14H21N5/c1-5-19-13(17-9-18-19)7-12(15-4)14-11(3)6-10(2)8-16-14/h6,8-9,12,15H,5,7H2,1-4H3. The fraction of sp³-hybridized carbons (Fsp3) is 0.500. The van der Waals surface area contributed by atoms with Crippen molar-refractivity contribution in [2.45, 2.75) is 39.8 Å². The van der Waals surface area contributed by atoms with Crippen molar-refractivity contribution >= 4 is 0 Å². The minimum atomic E-state index is 0.162. The number of hydrogen-bond donors (Lipinski definition) is 1. The lowest BCUT2D eigenvalue weighted by Crippen LogP contribution is -2.23. The Balaban J connectivity index is 2.25. The van der Waals surface area contributed by atoms with E-state index in [9.17, 15) is 0 Å². The van der Waals surface area contributed by atoms with Crippen molar-refractivity contribution in [2.75, 3.05) is 7.05 Å². The predicted octanol–water partition coefficient (Wildman–Crippen LogP) is 1.81. The van der Waals surface area contributed by atoms with E-state index < -0.39 is 0 Å². The first-order valence-corrected chi connectivity index (χ1v) is 6.62. The molecule has 0 aliphatic carbocycles. The Morgan fingerprint density at radius 1 is 1.32 bits per heavy atom. The number of nitrogens with zero attached hydrogens (tertiary/aromatic N) is 4. The summed E-state index contributed by atoms with van der Waals surface area (Å²) in [5, 5.41) is 7.53. The van der Waals surface area contributed by atoms with E-state index in [-0.39, 0.29) is 6.04 Å². The molecule has 1 unspecified atom stereocenters. The van der Waals surface area contributed by atoms with Crippen LogP contribution in [-0.4, -0.2) is 26.8 Å². The second kappa shape index (κ2) is 5.93. The van der Waals surface area contributed by atoms with Crippen LogP contribution in [0.15, 0.2) is 18.6 Å². The van der Waals surface area contributed by atoms with Crippen LogP contribution >= 0.6 is 0 Å². The zero-order valence-corrected chi connectivity index (χ0v) is 12.0. The van der Waals surface area contributed by atoms with E-state index in [0.29, 0.717) is 0 Å². The Labute approximate surface area is 114 Å². The largest absolute Gasteiger partial charge is 0.311 e. The summed E-state index contributed by atoms with van der Waals surface area (Å²) in [6, 6.07) is 2.33. The van der Waals surface area contributed by atoms with E-state index in [1.165, 1.54) is 11.1 Å². The van der Waals surface area contributed by atoms with Crippen LogP contribution in [0.2, 0.25) is 0 Å². The van der Waals surface area contributed by atoms with E-state index in [1.54, 1.807) is 6.33 Å². The molecule has 0 amide bonds. The summed E-state index contributed by atoms with van der Waals surface area (Å²) in [4.78, 5) is 8.90. The maximum absolute atomic E-state index is 4.57. The number of rotatable bonds is 5. The first kappa shape index (κ1) is 13.7. The SMILES string of the molecule is CCn1ncnc1CC(NC)c1ncc(C)cc1C. The molecule has 0 saturated carbocycles. The molecule has 0 aliphatic heterocycles. The number of aromatic nitrogens is 4. The Bertz CT molecular complexity index is 547. The molecule has 0 bridgehead atoms. The van der Waals surface area contributed by atoms with E-state index in [2.05, 4.69) is 47.2 Å². The Morgan fingerprint density at radius 3 is 2.74 bits per heavy atom. The van der Waals surface area contributed by atoms with E-state index in [1.807, 2.05) is 17.9 Å². The number of aryl methyl sites for hydroxylation is 3. The summed E-state index contributed by atoms with van der Waals surface area (Å²) in [5.74, 6) is 0.989. The van der Waals surface area contributed by atoms with E-state index in [0.717, 1.165) is 24.5 Å². The maximum atomic E-state index is 4.57. The molecule has 2 rings (SSSR count). The molecule has 0 spiro atoms. The average molecular weight is 259 g/mol. The molecule has 19 heavy (non-hydrogen) atoms. The molecule has 0 fully saturated rings. The molecule has 1 atom stereocenters. The lowest BCUT2D eigenvalue weighted by molar-refractivity contribution is 0.522. The normalized spacial score (nSPS) is 12.6. The molecule has 0 aliphatic rings. The molecule has 5 nitrogen and oxygen atoms in total. The summed E-state index contributed by atoms with van der Waals surface area (Å²) in [6.07, 6.45) is 4.32. The van der Waals surface area contributed by atoms with Gasteiger partial charge in [0.25, 0.3) is 0 Å². The summed E-state index contributed by atoms with van der Waals surface area (Å²) in [5.41, 5.74) is 3.48. The lowest BCUT2D eigenvalue weighted by atomic mass is 10.0. The topological polar surface area (TPSA) is 55.6 Å². The fourth-order valence-electron chi connectivity index (χ4n) is 2.32. The second-order valence-electron chi connectivity index (χ2n) is 4.75. The fourth-order valence-corrected chi connectivity index (χ4v) is 2.32. The molecule has 102 valence electrons. The highest BCUT2D eigenvalue weighted by molar-refractivity contribution is 5.26. The van der Waals surface area contributed by atoms with Gasteiger partial charge in [0.05, 0.1) is 11.7 Å². The van der Waals surface area contributed by atoms with Gasteiger partial charge >= 0.3 is 0 Å². The van der Waals surface area contributed by atoms with Crippen LogP contribution in [-0.2, 0) is 13.0 Å². The van der Waals surface area contributed by atoms with Gasteiger partial charge in [-0.2, -0.15) is 5.10 Å². The number of nitrogens with one attached hydrogen (secondary N) is 1. The predicted molar refractivity (Wildman–Crippen MR) is 74.9 cm³/mol. The third kappa shape index (κ3) is 2.98. The quantitative estimate of drug-likeness (QED) is 0.889. The first-order valence-electron chi connectivity index (χ1n) is 6.62. The van der Waals surface area contributed by atoms with Crippen LogP contribution in [0, 0.1) is 13.8 Å². The van der Waals surface area contributed by atoms with Gasteiger partial charge in [-0.15, -0.1) is 0 Å². The smallest absolute Gasteiger partial charge is 0.138 e. The summed E-state index contributed by atoms with van der Waals surface area (Å²) in [7, 11) is 1.96. The monoisotopic (exact) mass is 259 g/mol. The van der Waals surface area contributed by atoms with Crippen LogP contribution in [0.25, 0.3) is 0 Å². The van der Waals surface area contributed by atoms with Crippen molar-refractivity contribution in [1.29, 1.82) is 0 Å². The van der Waals surface area contributed by atoms with Crippen molar-refractivity contribution in [3.63, 3.8) is 0 Å². The van der Waals surface area contributed by atoms with Gasteiger partial charge in [0.1, 0.15) is 12.2 Å². The molecule has 1 N–H and O–H groups in total. The van der Waals surface area contributed by atoms with Crippen molar-refractivity contribution in [3.05, 3.63) is 41.2 Å². The van der Waals surface area contributed by atoms with Gasteiger partial charge in [-0.1, -0.05) is 6.07 Å². The lowest BCUT2D eigenvalue weighted by Gasteiger charge is -2.17. The molecular weight excluding hydrogens is 238 g/mol. The number of likely N-dealkylation sites (N-methyl/N-ethyl adjacent to an activating group) is 1. The molecule has 5 heteroatoms. The third-order valence-electron chi connectivity index (χ3n) is 3.32. The molecule has 0 saturated heterocycles. The van der Waals surface area contributed by atoms with Crippen LogP contribution in [0.5, 0.6) is 0 Å². The minimum Gasteiger partial charge on any atom is -0.311 e. The molecular formula is C14H21N5. The molecule has 2 aromatic rings. The van der Waals surface area contributed by atoms with Crippen molar-refractivity contribution < 1.29 is 0 Å². The van der Waals surface area contributed by atoms with Gasteiger partial charge in [0.2, 0.25) is 0 Å². The number of hydrogen-bond acceptors (Lipinski definition) is 4. The van der Waals surface area contributed by atoms with Gasteiger partial charge in [-0.05, 0) is 38.9 Å². The number of pyridine rings is 1. The zero-order valence-electron chi connectivity index (χ0n) is 12.0. The Hall–Kier alpha value is -1.75. The van der Waals surface area contributed by atoms with Gasteiger partial charge < -0.3 is 5.32 Å². The minimum absolute atomic E-state index is 0.162. The molecule has 0 radical (unpaired) electrons. The summed E-state index contributed by atoms with van der Waals surface area (Å²) >= 11 is 0. The van der Waals surface area contributed by atoms with Crippen LogP contribution < -0.4 is 5.32 Å². The Kier molecular flexibility index (Phi) is 4.27. The van der Waals surface area contributed by atoms with Crippen LogP contribution in [0.4, 0.5) is 0 Å². The van der Waals surface area contributed by atoms with Crippen LogP contribution in [0.3, 0.4) is 0 Å². The van der Waals surface area contributed by atoms with Crippen molar-refractivity contribution in [3.8, 4) is 0 Å². The average Bonchev–Trinajstić information content (AvgIpc) is 2.84. The molecule has 0 aromatic carbocycles. The highest BCUT2D eigenvalue weighted by Crippen LogP contribution is 2.19. The van der Waals surface area contributed by atoms with Gasteiger partial charge in [-0.3, -0.25) is 9.67 Å². The molecule has 2 aromatic heterocycles. The van der Waals surface area contributed by atoms with E-state index >= 15 is 0 Å². The summed E-state index contributed by atoms with van der Waals surface area (Å²) in [6.45, 7) is 7.07.